The van der Waals surface area contributed by atoms with Gasteiger partial charge in [0, 0.05) is 28.6 Å². The molecule has 0 bridgehead atoms. The summed E-state index contributed by atoms with van der Waals surface area (Å²) in [6.45, 7) is 2.86. The number of hydrogen-bond acceptors (Lipinski definition) is 2. The Labute approximate surface area is 136 Å². The van der Waals surface area contributed by atoms with Crippen molar-refractivity contribution in [2.24, 2.45) is 0 Å². The van der Waals surface area contributed by atoms with Crippen molar-refractivity contribution < 1.29 is 0 Å². The zero-order valence-corrected chi connectivity index (χ0v) is 14.2. The summed E-state index contributed by atoms with van der Waals surface area (Å²) in [6, 6.07) is 15.3. The summed E-state index contributed by atoms with van der Waals surface area (Å²) >= 11 is 7.22. The van der Waals surface area contributed by atoms with Crippen LogP contribution in [0.3, 0.4) is 0 Å². The van der Waals surface area contributed by atoms with E-state index >= 15 is 0 Å². The predicted molar refractivity (Wildman–Crippen MR) is 89.8 cm³/mol. The van der Waals surface area contributed by atoms with Gasteiger partial charge in [0.1, 0.15) is 0 Å². The molecule has 0 fully saturated rings. The van der Waals surface area contributed by atoms with E-state index in [0.29, 0.717) is 0 Å². The van der Waals surface area contributed by atoms with Crippen LogP contribution in [0.1, 0.15) is 22.7 Å². The van der Waals surface area contributed by atoms with E-state index in [1.807, 2.05) is 0 Å². The molecular weight excluding hydrogens is 380 g/mol. The minimum Gasteiger partial charge on any atom is -0.311 e. The Bertz CT molecular complexity index is 599. The SMILES string of the molecule is Brc1cc2c(cc1Br)C(c1ccccc1)NCCNC2. The maximum absolute atomic E-state index is 3.64. The van der Waals surface area contributed by atoms with Crippen molar-refractivity contribution >= 4 is 31.9 Å². The Hall–Kier alpha value is -0.680. The van der Waals surface area contributed by atoms with Gasteiger partial charge in [-0.15, -0.1) is 0 Å². The lowest BCUT2D eigenvalue weighted by atomic mass is 9.93. The Morgan fingerprint density at radius 3 is 2.50 bits per heavy atom. The van der Waals surface area contributed by atoms with Gasteiger partial charge in [-0.1, -0.05) is 30.3 Å². The van der Waals surface area contributed by atoms with Gasteiger partial charge in [-0.05, 0) is 60.7 Å². The highest BCUT2D eigenvalue weighted by atomic mass is 79.9. The molecule has 2 nitrogen and oxygen atoms in total. The highest BCUT2D eigenvalue weighted by Crippen LogP contribution is 2.33. The second-order valence-electron chi connectivity index (χ2n) is 4.94. The lowest BCUT2D eigenvalue weighted by Crippen LogP contribution is -2.34. The summed E-state index contributed by atoms with van der Waals surface area (Å²) in [5, 5.41) is 7.11. The minimum absolute atomic E-state index is 0.248. The molecule has 4 heteroatoms. The molecule has 1 aliphatic heterocycles. The maximum Gasteiger partial charge on any atom is 0.0580 e. The minimum atomic E-state index is 0.248. The normalized spacial score (nSPS) is 19.0. The first kappa shape index (κ1) is 14.3. The lowest BCUT2D eigenvalue weighted by Gasteiger charge is -2.26. The third-order valence-corrected chi connectivity index (χ3v) is 5.44. The highest BCUT2D eigenvalue weighted by molar-refractivity contribution is 9.13. The van der Waals surface area contributed by atoms with Gasteiger partial charge < -0.3 is 10.6 Å². The second-order valence-corrected chi connectivity index (χ2v) is 6.65. The number of nitrogens with one attached hydrogen (secondary N) is 2. The quantitative estimate of drug-likeness (QED) is 0.762. The molecule has 1 unspecified atom stereocenters. The first-order valence-electron chi connectivity index (χ1n) is 6.72. The molecule has 2 aromatic rings. The molecule has 0 aliphatic carbocycles. The Morgan fingerprint density at radius 1 is 0.950 bits per heavy atom. The van der Waals surface area contributed by atoms with Crippen LogP contribution in [0.25, 0.3) is 0 Å². The molecule has 0 radical (unpaired) electrons. The highest BCUT2D eigenvalue weighted by Gasteiger charge is 2.20. The maximum atomic E-state index is 3.64. The summed E-state index contributed by atoms with van der Waals surface area (Å²) in [5.41, 5.74) is 3.98. The molecule has 2 N–H and O–H groups in total. The van der Waals surface area contributed by atoms with Crippen LogP contribution in [0.4, 0.5) is 0 Å². The van der Waals surface area contributed by atoms with Gasteiger partial charge in [-0.25, -0.2) is 0 Å². The van der Waals surface area contributed by atoms with Gasteiger partial charge in [0.15, 0.2) is 0 Å². The molecule has 0 saturated heterocycles. The van der Waals surface area contributed by atoms with Crippen LogP contribution in [0.5, 0.6) is 0 Å². The van der Waals surface area contributed by atoms with E-state index in [0.717, 1.165) is 28.6 Å². The molecule has 1 aliphatic rings. The van der Waals surface area contributed by atoms with Crippen molar-refractivity contribution in [3.05, 3.63) is 68.1 Å². The zero-order chi connectivity index (χ0) is 13.9. The van der Waals surface area contributed by atoms with Crippen LogP contribution in [0.15, 0.2) is 51.4 Å². The number of rotatable bonds is 1. The van der Waals surface area contributed by atoms with Crippen LogP contribution < -0.4 is 10.6 Å². The number of fused-ring (bicyclic) bond motifs is 1. The molecule has 0 spiro atoms. The van der Waals surface area contributed by atoms with Crippen molar-refractivity contribution in [2.75, 3.05) is 13.1 Å². The average Bonchev–Trinajstić information content (AvgIpc) is 2.45. The first-order valence-corrected chi connectivity index (χ1v) is 8.31. The fourth-order valence-corrected chi connectivity index (χ4v) is 3.36. The van der Waals surface area contributed by atoms with Crippen LogP contribution >= 0.6 is 31.9 Å². The van der Waals surface area contributed by atoms with E-state index in [1.54, 1.807) is 0 Å². The molecule has 3 rings (SSSR count). The van der Waals surface area contributed by atoms with Crippen molar-refractivity contribution in [3.8, 4) is 0 Å². The topological polar surface area (TPSA) is 24.1 Å². The van der Waals surface area contributed by atoms with E-state index in [4.69, 9.17) is 0 Å². The van der Waals surface area contributed by atoms with Crippen molar-refractivity contribution in [2.45, 2.75) is 12.6 Å². The van der Waals surface area contributed by atoms with E-state index in [9.17, 15) is 0 Å². The molecule has 0 saturated carbocycles. The molecule has 0 aromatic heterocycles. The second kappa shape index (κ2) is 6.39. The van der Waals surface area contributed by atoms with Crippen LogP contribution in [0, 0.1) is 0 Å². The van der Waals surface area contributed by atoms with Gasteiger partial charge in [0.05, 0.1) is 6.04 Å². The lowest BCUT2D eigenvalue weighted by molar-refractivity contribution is 0.538. The molecule has 0 amide bonds. The van der Waals surface area contributed by atoms with Gasteiger partial charge in [0.2, 0.25) is 0 Å². The van der Waals surface area contributed by atoms with Gasteiger partial charge in [-0.3, -0.25) is 0 Å². The molecule has 104 valence electrons. The summed E-state index contributed by atoms with van der Waals surface area (Å²) in [7, 11) is 0. The summed E-state index contributed by atoms with van der Waals surface area (Å²) in [5.74, 6) is 0. The monoisotopic (exact) mass is 394 g/mol. The standard InChI is InChI=1S/C16H16Br2N2/c17-14-8-12-10-19-6-7-20-16(13(12)9-15(14)18)11-4-2-1-3-5-11/h1-5,8-9,16,19-20H,6-7,10H2. The largest absolute Gasteiger partial charge is 0.311 e. The average molecular weight is 396 g/mol. The number of benzene rings is 2. The molecule has 2 aromatic carbocycles. The molecule has 1 atom stereocenters. The van der Waals surface area contributed by atoms with Crippen molar-refractivity contribution in [1.29, 1.82) is 0 Å². The van der Waals surface area contributed by atoms with Gasteiger partial charge >= 0.3 is 0 Å². The number of hydrogen-bond donors (Lipinski definition) is 2. The fraction of sp³-hybridized carbons (Fsp3) is 0.250. The Balaban J connectivity index is 2.10. The molecule has 1 heterocycles. The van der Waals surface area contributed by atoms with Crippen molar-refractivity contribution in [1.82, 2.24) is 10.6 Å². The van der Waals surface area contributed by atoms with Gasteiger partial charge in [0.25, 0.3) is 0 Å². The summed E-state index contributed by atoms with van der Waals surface area (Å²) in [4.78, 5) is 0. The smallest absolute Gasteiger partial charge is 0.0580 e. The molecule has 20 heavy (non-hydrogen) atoms. The van der Waals surface area contributed by atoms with Crippen molar-refractivity contribution in [3.63, 3.8) is 0 Å². The van der Waals surface area contributed by atoms with Crippen LogP contribution in [-0.2, 0) is 6.54 Å². The third-order valence-electron chi connectivity index (χ3n) is 3.59. The molecular formula is C16H16Br2N2. The predicted octanol–water partition coefficient (Wildman–Crippen LogP) is 3.99. The first-order chi connectivity index (χ1) is 9.75. The van der Waals surface area contributed by atoms with Crippen LogP contribution in [-0.4, -0.2) is 13.1 Å². The fourth-order valence-electron chi connectivity index (χ4n) is 2.61. The summed E-state index contributed by atoms with van der Waals surface area (Å²) < 4.78 is 2.20. The van der Waals surface area contributed by atoms with E-state index in [2.05, 4.69) is 85.0 Å². The third kappa shape index (κ3) is 2.98. The Morgan fingerprint density at radius 2 is 1.70 bits per heavy atom. The Kier molecular flexibility index (Phi) is 4.56. The number of halogens is 2. The van der Waals surface area contributed by atoms with Crippen LogP contribution in [0.2, 0.25) is 0 Å². The zero-order valence-electron chi connectivity index (χ0n) is 11.0. The van der Waals surface area contributed by atoms with E-state index in [-0.39, 0.29) is 6.04 Å². The summed E-state index contributed by atoms with van der Waals surface area (Å²) in [6.07, 6.45) is 0. The van der Waals surface area contributed by atoms with Gasteiger partial charge in [-0.2, -0.15) is 0 Å². The van der Waals surface area contributed by atoms with E-state index in [1.165, 1.54) is 16.7 Å². The van der Waals surface area contributed by atoms with E-state index < -0.39 is 0 Å².